The zero-order valence-electron chi connectivity index (χ0n) is 12.0. The molecule has 0 heterocycles. The highest BCUT2D eigenvalue weighted by Gasteiger charge is 2.05. The third kappa shape index (κ3) is 5.33. The van der Waals surface area contributed by atoms with Crippen molar-refractivity contribution in [3.05, 3.63) is 63.1 Å². The molecule has 21 heavy (non-hydrogen) atoms. The quantitative estimate of drug-likeness (QED) is 0.471. The van der Waals surface area contributed by atoms with Gasteiger partial charge in [-0.3, -0.25) is 0 Å². The Morgan fingerprint density at radius 3 is 2.71 bits per heavy atom. The first-order chi connectivity index (χ1) is 10.2. The number of benzene rings is 2. The van der Waals surface area contributed by atoms with Crippen molar-refractivity contribution < 1.29 is 0 Å². The van der Waals surface area contributed by atoms with Crippen LogP contribution in [0.15, 0.2) is 51.8 Å². The van der Waals surface area contributed by atoms with Crippen molar-refractivity contribution in [1.82, 2.24) is 5.32 Å². The first-order valence-corrected chi connectivity index (χ1v) is 9.21. The van der Waals surface area contributed by atoms with Crippen LogP contribution >= 0.6 is 39.3 Å². The number of nitrogens with one attached hydrogen (secondary N) is 1. The third-order valence-electron chi connectivity index (χ3n) is 3.09. The summed E-state index contributed by atoms with van der Waals surface area (Å²) in [6, 6.07) is 14.6. The summed E-state index contributed by atoms with van der Waals surface area (Å²) in [6.07, 6.45) is 1.16. The van der Waals surface area contributed by atoms with Gasteiger partial charge in [-0.1, -0.05) is 42.8 Å². The van der Waals surface area contributed by atoms with E-state index in [1.807, 2.05) is 18.2 Å². The summed E-state index contributed by atoms with van der Waals surface area (Å²) < 4.78 is 1.15. The molecule has 0 spiro atoms. The van der Waals surface area contributed by atoms with Crippen molar-refractivity contribution in [2.45, 2.75) is 30.5 Å². The molecule has 0 saturated heterocycles. The molecular formula is C17H19BrClNS. The lowest BCUT2D eigenvalue weighted by atomic mass is 10.2. The van der Waals surface area contributed by atoms with Gasteiger partial charge in [0, 0.05) is 26.7 Å². The standard InChI is InChI=1S/C17H19BrClNS/c1-2-9-20-11-13-7-8-17(15(18)10-13)21-12-14-5-3-4-6-16(14)19/h3-8,10,20H,2,9,11-12H2,1H3. The maximum Gasteiger partial charge on any atom is 0.0446 e. The zero-order valence-corrected chi connectivity index (χ0v) is 15.2. The van der Waals surface area contributed by atoms with Crippen LogP contribution in [0.25, 0.3) is 0 Å². The Labute approximate surface area is 144 Å². The van der Waals surface area contributed by atoms with Crippen molar-refractivity contribution in [2.24, 2.45) is 0 Å². The Morgan fingerprint density at radius 1 is 1.19 bits per heavy atom. The fourth-order valence-electron chi connectivity index (χ4n) is 1.95. The van der Waals surface area contributed by atoms with Crippen LogP contribution in [-0.2, 0) is 12.3 Å². The number of thioether (sulfide) groups is 1. The summed E-state index contributed by atoms with van der Waals surface area (Å²) in [6.45, 7) is 4.15. The van der Waals surface area contributed by atoms with E-state index in [2.05, 4.69) is 52.4 Å². The lowest BCUT2D eigenvalue weighted by Crippen LogP contribution is -2.13. The summed E-state index contributed by atoms with van der Waals surface area (Å²) in [5.41, 5.74) is 2.47. The molecule has 0 atom stereocenters. The van der Waals surface area contributed by atoms with Gasteiger partial charge in [-0.25, -0.2) is 0 Å². The monoisotopic (exact) mass is 383 g/mol. The van der Waals surface area contributed by atoms with Crippen LogP contribution in [0.4, 0.5) is 0 Å². The fraction of sp³-hybridized carbons (Fsp3) is 0.294. The van der Waals surface area contributed by atoms with E-state index in [1.165, 1.54) is 16.0 Å². The van der Waals surface area contributed by atoms with Gasteiger partial charge in [0.2, 0.25) is 0 Å². The average molecular weight is 385 g/mol. The third-order valence-corrected chi connectivity index (χ3v) is 5.50. The molecule has 2 aromatic carbocycles. The maximum absolute atomic E-state index is 6.19. The Balaban J connectivity index is 1.96. The molecule has 0 radical (unpaired) electrons. The van der Waals surface area contributed by atoms with Gasteiger partial charge in [0.1, 0.15) is 0 Å². The molecule has 1 N–H and O–H groups in total. The Kier molecular flexibility index (Phi) is 7.11. The van der Waals surface area contributed by atoms with Gasteiger partial charge in [0.25, 0.3) is 0 Å². The second kappa shape index (κ2) is 8.84. The van der Waals surface area contributed by atoms with E-state index >= 15 is 0 Å². The van der Waals surface area contributed by atoms with Crippen molar-refractivity contribution >= 4 is 39.3 Å². The first kappa shape index (κ1) is 16.9. The molecule has 0 aliphatic carbocycles. The molecule has 0 bridgehead atoms. The van der Waals surface area contributed by atoms with E-state index < -0.39 is 0 Å². The molecule has 0 aromatic heterocycles. The highest BCUT2D eigenvalue weighted by atomic mass is 79.9. The van der Waals surface area contributed by atoms with Crippen LogP contribution in [0.3, 0.4) is 0 Å². The van der Waals surface area contributed by atoms with Crippen molar-refractivity contribution in [3.63, 3.8) is 0 Å². The lowest BCUT2D eigenvalue weighted by Gasteiger charge is -2.09. The molecule has 0 fully saturated rings. The highest BCUT2D eigenvalue weighted by molar-refractivity contribution is 9.10. The molecule has 0 unspecified atom stereocenters. The maximum atomic E-state index is 6.19. The highest BCUT2D eigenvalue weighted by Crippen LogP contribution is 2.32. The predicted octanol–water partition coefficient (Wildman–Crippen LogP) is 5.89. The Morgan fingerprint density at radius 2 is 2.00 bits per heavy atom. The number of hydrogen-bond donors (Lipinski definition) is 1. The topological polar surface area (TPSA) is 12.0 Å². The molecule has 0 aliphatic heterocycles. The van der Waals surface area contributed by atoms with Crippen LogP contribution in [-0.4, -0.2) is 6.54 Å². The number of rotatable bonds is 7. The predicted molar refractivity (Wildman–Crippen MR) is 97.2 cm³/mol. The fourth-order valence-corrected chi connectivity index (χ4v) is 3.93. The normalized spacial score (nSPS) is 10.8. The molecule has 0 saturated carbocycles. The summed E-state index contributed by atoms with van der Waals surface area (Å²) in [7, 11) is 0. The van der Waals surface area contributed by atoms with E-state index in [9.17, 15) is 0 Å². The smallest absolute Gasteiger partial charge is 0.0446 e. The van der Waals surface area contributed by atoms with Crippen molar-refractivity contribution in [2.75, 3.05) is 6.54 Å². The van der Waals surface area contributed by atoms with Crippen molar-refractivity contribution in [3.8, 4) is 0 Å². The molecular weight excluding hydrogens is 366 g/mol. The molecule has 2 aromatic rings. The number of hydrogen-bond acceptors (Lipinski definition) is 2. The van der Waals surface area contributed by atoms with Gasteiger partial charge in [-0.2, -0.15) is 0 Å². The minimum Gasteiger partial charge on any atom is -0.313 e. The molecule has 0 amide bonds. The molecule has 112 valence electrons. The largest absolute Gasteiger partial charge is 0.313 e. The summed E-state index contributed by atoms with van der Waals surface area (Å²) in [4.78, 5) is 1.24. The van der Waals surface area contributed by atoms with E-state index in [0.29, 0.717) is 0 Å². The summed E-state index contributed by atoms with van der Waals surface area (Å²) in [5, 5.41) is 4.25. The molecule has 0 aliphatic rings. The van der Waals surface area contributed by atoms with Gasteiger partial charge < -0.3 is 5.32 Å². The van der Waals surface area contributed by atoms with Crippen LogP contribution in [0.5, 0.6) is 0 Å². The van der Waals surface area contributed by atoms with Gasteiger partial charge in [-0.15, -0.1) is 11.8 Å². The number of halogens is 2. The van der Waals surface area contributed by atoms with Crippen LogP contribution in [0.1, 0.15) is 24.5 Å². The van der Waals surface area contributed by atoms with Crippen LogP contribution in [0, 0.1) is 0 Å². The van der Waals surface area contributed by atoms with E-state index in [-0.39, 0.29) is 0 Å². The first-order valence-electron chi connectivity index (χ1n) is 7.06. The van der Waals surface area contributed by atoms with Crippen LogP contribution in [0.2, 0.25) is 5.02 Å². The SMILES string of the molecule is CCCNCc1ccc(SCc2ccccc2Cl)c(Br)c1. The molecule has 2 rings (SSSR count). The minimum absolute atomic E-state index is 0.835. The van der Waals surface area contributed by atoms with Crippen molar-refractivity contribution in [1.29, 1.82) is 0 Å². The zero-order chi connectivity index (χ0) is 15.1. The van der Waals surface area contributed by atoms with Gasteiger partial charge >= 0.3 is 0 Å². The van der Waals surface area contributed by atoms with Gasteiger partial charge in [0.05, 0.1) is 0 Å². The van der Waals surface area contributed by atoms with Gasteiger partial charge in [-0.05, 0) is 58.2 Å². The summed E-state index contributed by atoms with van der Waals surface area (Å²) >= 11 is 11.7. The van der Waals surface area contributed by atoms with E-state index in [0.717, 1.165) is 34.8 Å². The lowest BCUT2D eigenvalue weighted by molar-refractivity contribution is 0.675. The molecule has 4 heteroatoms. The van der Waals surface area contributed by atoms with Gasteiger partial charge in [0.15, 0.2) is 0 Å². The minimum atomic E-state index is 0.835. The van der Waals surface area contributed by atoms with Crippen LogP contribution < -0.4 is 5.32 Å². The Bertz CT molecular complexity index is 589. The molecule has 1 nitrogen and oxygen atoms in total. The van der Waals surface area contributed by atoms with E-state index in [1.54, 1.807) is 11.8 Å². The second-order valence-electron chi connectivity index (χ2n) is 4.82. The Hall–Kier alpha value is -0.480. The average Bonchev–Trinajstić information content (AvgIpc) is 2.48. The second-order valence-corrected chi connectivity index (χ2v) is 7.10. The van der Waals surface area contributed by atoms with E-state index in [4.69, 9.17) is 11.6 Å². The summed E-state index contributed by atoms with van der Waals surface area (Å²) in [5.74, 6) is 0.881.